The summed E-state index contributed by atoms with van der Waals surface area (Å²) in [5.41, 5.74) is 3.27. The molecule has 0 bridgehead atoms. The van der Waals surface area contributed by atoms with E-state index in [9.17, 15) is 4.79 Å². The maximum absolute atomic E-state index is 12.0. The van der Waals surface area contributed by atoms with E-state index in [4.69, 9.17) is 11.6 Å². The Balaban J connectivity index is 2.20. The zero-order valence-electron chi connectivity index (χ0n) is 10.6. The van der Waals surface area contributed by atoms with Gasteiger partial charge >= 0.3 is 0 Å². The Morgan fingerprint density at radius 2 is 2.18 bits per heavy atom. The van der Waals surface area contributed by atoms with Crippen LogP contribution >= 0.6 is 11.6 Å². The van der Waals surface area contributed by atoms with Crippen molar-refractivity contribution in [2.75, 3.05) is 5.88 Å². The van der Waals surface area contributed by atoms with E-state index in [0.29, 0.717) is 18.3 Å². The summed E-state index contributed by atoms with van der Waals surface area (Å²) in [4.78, 5) is 12.0. The minimum atomic E-state index is 0.240. The van der Waals surface area contributed by atoms with Crippen LogP contribution in [0.25, 0.3) is 0 Å². The summed E-state index contributed by atoms with van der Waals surface area (Å²) >= 11 is 5.63. The number of halogens is 1. The monoisotopic (exact) mass is 253 g/mol. The lowest BCUT2D eigenvalue weighted by molar-refractivity contribution is 0.0981. The third kappa shape index (κ3) is 2.42. The molecule has 3 heteroatoms. The van der Waals surface area contributed by atoms with Crippen LogP contribution in [0.3, 0.4) is 0 Å². The first-order chi connectivity index (χ1) is 8.15. The Hall–Kier alpha value is -0.760. The largest absolute Gasteiger partial charge is 0.345 e. The van der Waals surface area contributed by atoms with E-state index < -0.39 is 0 Å². The van der Waals surface area contributed by atoms with Crippen molar-refractivity contribution in [1.29, 1.82) is 0 Å². The molecule has 0 radical (unpaired) electrons. The lowest BCUT2D eigenvalue weighted by atomic mass is 9.92. The Kier molecular flexibility index (Phi) is 3.93. The fourth-order valence-electron chi connectivity index (χ4n) is 2.63. The van der Waals surface area contributed by atoms with Gasteiger partial charge in [0.25, 0.3) is 0 Å². The number of nitrogens with zero attached hydrogens (tertiary/aromatic N) is 1. The number of rotatable bonds is 5. The van der Waals surface area contributed by atoms with Crippen molar-refractivity contribution in [3.05, 3.63) is 23.0 Å². The lowest BCUT2D eigenvalue weighted by Gasteiger charge is -2.30. The third-order valence-corrected chi connectivity index (χ3v) is 4.03. The van der Waals surface area contributed by atoms with Crippen LogP contribution in [0.4, 0.5) is 0 Å². The van der Waals surface area contributed by atoms with Crippen molar-refractivity contribution in [3.63, 3.8) is 0 Å². The number of alkyl halides is 1. The average molecular weight is 254 g/mol. The number of Topliss-reactive ketones (excluding diaryl/α,β-unsaturated/α-hetero) is 1. The van der Waals surface area contributed by atoms with Crippen LogP contribution in [0, 0.1) is 13.8 Å². The summed E-state index contributed by atoms with van der Waals surface area (Å²) in [6, 6.07) is 2.68. The molecule has 0 aliphatic heterocycles. The zero-order chi connectivity index (χ0) is 12.4. The predicted octanol–water partition coefficient (Wildman–Crippen LogP) is 4.03. The van der Waals surface area contributed by atoms with Crippen LogP contribution in [-0.2, 0) is 0 Å². The number of hydrogen-bond acceptors (Lipinski definition) is 1. The smallest absolute Gasteiger partial charge is 0.164 e. The average Bonchev–Trinajstić information content (AvgIpc) is 2.52. The van der Waals surface area contributed by atoms with Crippen molar-refractivity contribution >= 4 is 17.4 Å². The predicted molar refractivity (Wildman–Crippen MR) is 71.1 cm³/mol. The molecule has 1 saturated carbocycles. The molecule has 0 unspecified atom stereocenters. The van der Waals surface area contributed by atoms with Gasteiger partial charge in [-0.25, -0.2) is 0 Å². The fourth-order valence-corrected chi connectivity index (χ4v) is 2.76. The van der Waals surface area contributed by atoms with Crippen molar-refractivity contribution in [3.8, 4) is 0 Å². The number of carbonyl (C=O) groups excluding carboxylic acids is 1. The van der Waals surface area contributed by atoms with Gasteiger partial charge in [0.05, 0.1) is 0 Å². The molecule has 1 aromatic rings. The van der Waals surface area contributed by atoms with E-state index in [2.05, 4.69) is 18.4 Å². The van der Waals surface area contributed by atoms with Gasteiger partial charge in [-0.15, -0.1) is 11.6 Å². The molecule has 1 heterocycles. The second kappa shape index (κ2) is 5.26. The number of aromatic nitrogens is 1. The normalized spacial score (nSPS) is 15.9. The molecule has 17 heavy (non-hydrogen) atoms. The molecular formula is C14H20ClNO. The number of hydrogen-bond donors (Lipinski definition) is 0. The van der Waals surface area contributed by atoms with Gasteiger partial charge in [-0.2, -0.15) is 0 Å². The first kappa shape index (κ1) is 12.7. The number of carbonyl (C=O) groups is 1. The van der Waals surface area contributed by atoms with E-state index in [1.54, 1.807) is 0 Å². The Labute approximate surface area is 108 Å². The molecule has 2 rings (SSSR count). The molecule has 1 aromatic heterocycles. The number of ketones is 1. The highest BCUT2D eigenvalue weighted by molar-refractivity contribution is 6.18. The zero-order valence-corrected chi connectivity index (χ0v) is 11.4. The van der Waals surface area contributed by atoms with Gasteiger partial charge in [-0.05, 0) is 45.6 Å². The first-order valence-corrected chi connectivity index (χ1v) is 6.96. The Morgan fingerprint density at radius 1 is 1.47 bits per heavy atom. The van der Waals surface area contributed by atoms with Crippen LogP contribution in [0.1, 0.15) is 59.9 Å². The van der Waals surface area contributed by atoms with E-state index >= 15 is 0 Å². The fraction of sp³-hybridized carbons (Fsp3) is 0.643. The Morgan fingerprint density at radius 3 is 2.71 bits per heavy atom. The summed E-state index contributed by atoms with van der Waals surface area (Å²) in [6.07, 6.45) is 5.17. The molecule has 1 aliphatic rings. The summed E-state index contributed by atoms with van der Waals surface area (Å²) in [5, 5.41) is 0. The molecule has 94 valence electrons. The first-order valence-electron chi connectivity index (χ1n) is 6.42. The highest BCUT2D eigenvalue weighted by atomic mass is 35.5. The quantitative estimate of drug-likeness (QED) is 0.574. The van der Waals surface area contributed by atoms with Crippen LogP contribution in [0.15, 0.2) is 6.07 Å². The van der Waals surface area contributed by atoms with Gasteiger partial charge in [0.15, 0.2) is 5.78 Å². The second-order valence-electron chi connectivity index (χ2n) is 4.96. The summed E-state index contributed by atoms with van der Waals surface area (Å²) in [6.45, 7) is 4.17. The maximum atomic E-state index is 12.0. The van der Waals surface area contributed by atoms with Gasteiger partial charge in [0.2, 0.25) is 0 Å². The molecule has 0 N–H and O–H groups in total. The van der Waals surface area contributed by atoms with Crippen LogP contribution in [0.5, 0.6) is 0 Å². The van der Waals surface area contributed by atoms with Gasteiger partial charge in [0.1, 0.15) is 0 Å². The van der Waals surface area contributed by atoms with E-state index in [1.807, 2.05) is 6.07 Å². The molecule has 1 fully saturated rings. The molecule has 0 aromatic carbocycles. The minimum absolute atomic E-state index is 0.240. The Bertz CT molecular complexity index is 418. The highest BCUT2D eigenvalue weighted by Crippen LogP contribution is 2.35. The summed E-state index contributed by atoms with van der Waals surface area (Å²) in [7, 11) is 0. The second-order valence-corrected chi connectivity index (χ2v) is 5.33. The van der Waals surface area contributed by atoms with E-state index in [-0.39, 0.29) is 5.78 Å². The van der Waals surface area contributed by atoms with Gasteiger partial charge in [0, 0.05) is 35.3 Å². The minimum Gasteiger partial charge on any atom is -0.345 e. The third-order valence-electron chi connectivity index (χ3n) is 3.76. The van der Waals surface area contributed by atoms with Crippen molar-refractivity contribution < 1.29 is 4.79 Å². The van der Waals surface area contributed by atoms with Crippen molar-refractivity contribution in [1.82, 2.24) is 4.57 Å². The maximum Gasteiger partial charge on any atom is 0.164 e. The standard InChI is InChI=1S/C14H20ClNO/c1-10-9-13(14(17)7-4-8-15)11(2)16(10)12-5-3-6-12/h9,12H,3-8H2,1-2H3. The van der Waals surface area contributed by atoms with Crippen molar-refractivity contribution in [2.45, 2.75) is 52.0 Å². The molecule has 2 nitrogen and oxygen atoms in total. The van der Waals surface area contributed by atoms with Gasteiger partial charge < -0.3 is 4.57 Å². The molecule has 0 spiro atoms. The van der Waals surface area contributed by atoms with E-state index in [0.717, 1.165) is 17.7 Å². The number of aryl methyl sites for hydroxylation is 1. The topological polar surface area (TPSA) is 22.0 Å². The van der Waals surface area contributed by atoms with Crippen LogP contribution in [-0.4, -0.2) is 16.2 Å². The summed E-state index contributed by atoms with van der Waals surface area (Å²) < 4.78 is 2.34. The molecule has 0 saturated heterocycles. The van der Waals surface area contributed by atoms with Crippen LogP contribution < -0.4 is 0 Å². The lowest BCUT2D eigenvalue weighted by Crippen LogP contribution is -2.19. The summed E-state index contributed by atoms with van der Waals surface area (Å²) in [5.74, 6) is 0.803. The van der Waals surface area contributed by atoms with Crippen molar-refractivity contribution in [2.24, 2.45) is 0 Å². The van der Waals surface area contributed by atoms with Crippen LogP contribution in [0.2, 0.25) is 0 Å². The molecule has 1 aliphatic carbocycles. The van der Waals surface area contributed by atoms with Gasteiger partial charge in [-0.1, -0.05) is 0 Å². The molecular weight excluding hydrogens is 234 g/mol. The van der Waals surface area contributed by atoms with Gasteiger partial charge in [-0.3, -0.25) is 4.79 Å². The highest BCUT2D eigenvalue weighted by Gasteiger charge is 2.24. The molecule has 0 amide bonds. The SMILES string of the molecule is Cc1cc(C(=O)CCCCl)c(C)n1C1CCC1. The molecule has 0 atom stereocenters. The van der Waals surface area contributed by atoms with E-state index in [1.165, 1.54) is 25.0 Å².